The molecular weight excluding hydrogens is 257 g/mol. The number of hydrogen-bond acceptors (Lipinski definition) is 3. The van der Waals surface area contributed by atoms with Crippen LogP contribution >= 0.6 is 0 Å². The summed E-state index contributed by atoms with van der Waals surface area (Å²) in [6, 6.07) is 1.46. The second kappa shape index (κ2) is 7.47. The summed E-state index contributed by atoms with van der Waals surface area (Å²) in [6.07, 6.45) is 1.33. The van der Waals surface area contributed by atoms with E-state index in [1.807, 2.05) is 6.92 Å². The first-order chi connectivity index (χ1) is 8.99. The number of aliphatic hydroxyl groups excluding tert-OH is 1. The van der Waals surface area contributed by atoms with Gasteiger partial charge in [-0.2, -0.15) is 0 Å². The maximum Gasteiger partial charge on any atom is 0.194 e. The van der Waals surface area contributed by atoms with Crippen LogP contribution < -0.4 is 11.1 Å². The quantitative estimate of drug-likeness (QED) is 0.666. The predicted octanol–water partition coefficient (Wildman–Crippen LogP) is 1.85. The second-order valence-corrected chi connectivity index (χ2v) is 4.52. The molecule has 4 N–H and O–H groups in total. The second-order valence-electron chi connectivity index (χ2n) is 4.52. The third-order valence-electron chi connectivity index (χ3n) is 2.93. The molecule has 6 heteroatoms. The van der Waals surface area contributed by atoms with E-state index in [1.54, 1.807) is 0 Å². The average Bonchev–Trinajstić information content (AvgIpc) is 2.39. The summed E-state index contributed by atoms with van der Waals surface area (Å²) in [5.74, 6) is -3.93. The number of nitrogens with one attached hydrogen (secondary N) is 1. The maximum atomic E-state index is 13.2. The molecule has 2 unspecified atom stereocenters. The van der Waals surface area contributed by atoms with Crippen molar-refractivity contribution in [3.8, 4) is 0 Å². The fraction of sp³-hybridized carbons (Fsp3) is 0.538. The van der Waals surface area contributed by atoms with Crippen LogP contribution in [0.3, 0.4) is 0 Å². The highest BCUT2D eigenvalue weighted by Gasteiger charge is 2.17. The minimum atomic E-state index is -1.48. The normalized spacial score (nSPS) is 14.4. The molecule has 19 heavy (non-hydrogen) atoms. The molecule has 0 fully saturated rings. The SMILES string of the molecule is CC(CCCO)NC(CN)c1cc(F)c(F)c(F)c1. The Labute approximate surface area is 110 Å². The van der Waals surface area contributed by atoms with Crippen LogP contribution in [0, 0.1) is 17.5 Å². The molecule has 1 aromatic rings. The van der Waals surface area contributed by atoms with Gasteiger partial charge in [-0.3, -0.25) is 0 Å². The fourth-order valence-corrected chi connectivity index (χ4v) is 1.90. The van der Waals surface area contributed by atoms with Crippen molar-refractivity contribution in [2.24, 2.45) is 5.73 Å². The number of aliphatic hydroxyl groups is 1. The summed E-state index contributed by atoms with van der Waals surface area (Å²) >= 11 is 0. The molecule has 0 radical (unpaired) electrons. The lowest BCUT2D eigenvalue weighted by Gasteiger charge is -2.22. The van der Waals surface area contributed by atoms with Gasteiger partial charge in [-0.05, 0) is 37.5 Å². The Morgan fingerprint density at radius 1 is 1.26 bits per heavy atom. The van der Waals surface area contributed by atoms with Crippen molar-refractivity contribution >= 4 is 0 Å². The van der Waals surface area contributed by atoms with E-state index in [9.17, 15) is 13.2 Å². The molecule has 0 saturated heterocycles. The first-order valence-electron chi connectivity index (χ1n) is 6.21. The van der Waals surface area contributed by atoms with E-state index >= 15 is 0 Å². The van der Waals surface area contributed by atoms with Crippen molar-refractivity contribution < 1.29 is 18.3 Å². The molecule has 1 rings (SSSR count). The minimum absolute atomic E-state index is 0.0249. The van der Waals surface area contributed by atoms with Crippen LogP contribution in [0.5, 0.6) is 0 Å². The number of benzene rings is 1. The van der Waals surface area contributed by atoms with Crippen molar-refractivity contribution in [2.75, 3.05) is 13.2 Å². The Morgan fingerprint density at radius 2 is 1.84 bits per heavy atom. The lowest BCUT2D eigenvalue weighted by molar-refractivity contribution is 0.274. The highest BCUT2D eigenvalue weighted by atomic mass is 19.2. The Hall–Kier alpha value is -1.11. The smallest absolute Gasteiger partial charge is 0.194 e. The summed E-state index contributed by atoms with van der Waals surface area (Å²) in [5, 5.41) is 11.8. The van der Waals surface area contributed by atoms with E-state index in [2.05, 4.69) is 5.32 Å². The zero-order valence-electron chi connectivity index (χ0n) is 10.8. The Bertz CT molecular complexity index is 392. The van der Waals surface area contributed by atoms with Crippen LogP contribution in [0.15, 0.2) is 12.1 Å². The first kappa shape index (κ1) is 15.9. The summed E-state index contributed by atoms with van der Waals surface area (Å²) in [4.78, 5) is 0. The molecule has 0 saturated carbocycles. The van der Waals surface area contributed by atoms with Crippen LogP contribution in [0.2, 0.25) is 0 Å². The molecule has 0 aliphatic carbocycles. The molecule has 108 valence electrons. The molecule has 0 aliphatic rings. The van der Waals surface area contributed by atoms with Crippen LogP contribution in [-0.4, -0.2) is 24.3 Å². The van der Waals surface area contributed by atoms with Gasteiger partial charge in [0.05, 0.1) is 0 Å². The monoisotopic (exact) mass is 276 g/mol. The molecule has 1 aromatic carbocycles. The number of nitrogens with two attached hydrogens (primary N) is 1. The Morgan fingerprint density at radius 3 is 2.32 bits per heavy atom. The average molecular weight is 276 g/mol. The van der Waals surface area contributed by atoms with Gasteiger partial charge in [0.2, 0.25) is 0 Å². The first-order valence-corrected chi connectivity index (χ1v) is 6.21. The summed E-state index contributed by atoms with van der Waals surface area (Å²) in [5.41, 5.74) is 5.84. The molecule has 0 aliphatic heterocycles. The molecule has 0 spiro atoms. The van der Waals surface area contributed by atoms with Gasteiger partial charge in [0, 0.05) is 25.2 Å². The van der Waals surface area contributed by atoms with E-state index in [0.29, 0.717) is 12.8 Å². The van der Waals surface area contributed by atoms with Crippen LogP contribution in [0.1, 0.15) is 31.4 Å². The number of hydrogen-bond donors (Lipinski definition) is 3. The molecule has 3 nitrogen and oxygen atoms in total. The lowest BCUT2D eigenvalue weighted by Crippen LogP contribution is -2.35. The van der Waals surface area contributed by atoms with Gasteiger partial charge in [0.15, 0.2) is 17.5 Å². The van der Waals surface area contributed by atoms with Crippen LogP contribution in [0.25, 0.3) is 0 Å². The highest BCUT2D eigenvalue weighted by molar-refractivity contribution is 5.23. The summed E-state index contributed by atoms with van der Waals surface area (Å²) in [6.45, 7) is 2.10. The Kier molecular flexibility index (Phi) is 6.27. The van der Waals surface area contributed by atoms with Gasteiger partial charge in [-0.1, -0.05) is 0 Å². The topological polar surface area (TPSA) is 58.3 Å². The zero-order valence-corrected chi connectivity index (χ0v) is 10.8. The van der Waals surface area contributed by atoms with Crippen LogP contribution in [0.4, 0.5) is 13.2 Å². The Balaban J connectivity index is 2.79. The fourth-order valence-electron chi connectivity index (χ4n) is 1.90. The van der Waals surface area contributed by atoms with E-state index < -0.39 is 23.5 Å². The summed E-state index contributed by atoms with van der Waals surface area (Å²) < 4.78 is 39.2. The molecule has 0 aromatic heterocycles. The third kappa shape index (κ3) is 4.49. The van der Waals surface area contributed by atoms with E-state index in [4.69, 9.17) is 10.8 Å². The largest absolute Gasteiger partial charge is 0.396 e. The molecule has 2 atom stereocenters. The van der Waals surface area contributed by atoms with Crippen molar-refractivity contribution in [3.05, 3.63) is 35.1 Å². The van der Waals surface area contributed by atoms with Gasteiger partial charge >= 0.3 is 0 Å². The van der Waals surface area contributed by atoms with Gasteiger partial charge in [0.1, 0.15) is 0 Å². The molecule has 0 amide bonds. The zero-order chi connectivity index (χ0) is 14.4. The molecular formula is C13H19F3N2O. The standard InChI is InChI=1S/C13H19F3N2O/c1-8(3-2-4-19)18-12(7-17)9-5-10(14)13(16)11(15)6-9/h5-6,8,12,18-19H,2-4,7,17H2,1H3. The third-order valence-corrected chi connectivity index (χ3v) is 2.93. The van der Waals surface area contributed by atoms with Crippen molar-refractivity contribution in [2.45, 2.75) is 31.8 Å². The molecule has 0 heterocycles. The number of rotatable bonds is 7. The summed E-state index contributed by atoms with van der Waals surface area (Å²) in [7, 11) is 0. The van der Waals surface area contributed by atoms with Gasteiger partial charge < -0.3 is 16.2 Å². The highest BCUT2D eigenvalue weighted by Crippen LogP contribution is 2.19. The number of halogens is 3. The van der Waals surface area contributed by atoms with Crippen molar-refractivity contribution in [1.82, 2.24) is 5.32 Å². The molecule has 0 bridgehead atoms. The predicted molar refractivity (Wildman–Crippen MR) is 67.0 cm³/mol. The van der Waals surface area contributed by atoms with Crippen molar-refractivity contribution in [1.29, 1.82) is 0 Å². The van der Waals surface area contributed by atoms with Crippen LogP contribution in [-0.2, 0) is 0 Å². The van der Waals surface area contributed by atoms with E-state index in [0.717, 1.165) is 12.1 Å². The van der Waals surface area contributed by atoms with E-state index in [1.165, 1.54) is 0 Å². The maximum absolute atomic E-state index is 13.2. The van der Waals surface area contributed by atoms with Gasteiger partial charge in [0.25, 0.3) is 0 Å². The van der Waals surface area contributed by atoms with E-state index in [-0.39, 0.29) is 24.8 Å². The van der Waals surface area contributed by atoms with Gasteiger partial charge in [-0.25, -0.2) is 13.2 Å². The van der Waals surface area contributed by atoms with Gasteiger partial charge in [-0.15, -0.1) is 0 Å². The minimum Gasteiger partial charge on any atom is -0.396 e. The lowest BCUT2D eigenvalue weighted by atomic mass is 10.0. The van der Waals surface area contributed by atoms with Crippen molar-refractivity contribution in [3.63, 3.8) is 0 Å².